The van der Waals surface area contributed by atoms with Crippen LogP contribution in [-0.4, -0.2) is 0 Å². The summed E-state index contributed by atoms with van der Waals surface area (Å²) in [4.78, 5) is 0. The summed E-state index contributed by atoms with van der Waals surface area (Å²) in [6.45, 7) is 2.01. The highest BCUT2D eigenvalue weighted by Gasteiger charge is 2.00. The number of hydrogen-bond donors (Lipinski definition) is 0. The first kappa shape index (κ1) is 9.90. The van der Waals surface area contributed by atoms with E-state index in [9.17, 15) is 8.78 Å². The van der Waals surface area contributed by atoms with Gasteiger partial charge in [0.25, 0.3) is 0 Å². The minimum Gasteiger partial charge on any atom is -0.207 e. The monoisotopic (exact) mass is 182 g/mol. The average Bonchev–Trinajstić information content (AvgIpc) is 2.09. The first-order valence-electron chi connectivity index (χ1n) is 4.33. The molecule has 0 aliphatic rings. The molecule has 2 heteroatoms. The van der Waals surface area contributed by atoms with Gasteiger partial charge >= 0.3 is 0 Å². The fourth-order valence-corrected chi connectivity index (χ4v) is 1.06. The van der Waals surface area contributed by atoms with E-state index in [1.165, 1.54) is 12.1 Å². The molecule has 0 N–H and O–H groups in total. The Morgan fingerprint density at radius 1 is 1.23 bits per heavy atom. The summed E-state index contributed by atoms with van der Waals surface area (Å²) in [5.41, 5.74) is 0.533. The van der Waals surface area contributed by atoms with E-state index >= 15 is 0 Å². The first-order chi connectivity index (χ1) is 6.24. The van der Waals surface area contributed by atoms with Crippen molar-refractivity contribution in [1.82, 2.24) is 0 Å². The van der Waals surface area contributed by atoms with Crippen LogP contribution in [0.1, 0.15) is 18.9 Å². The van der Waals surface area contributed by atoms with Crippen molar-refractivity contribution in [3.63, 3.8) is 0 Å². The van der Waals surface area contributed by atoms with Gasteiger partial charge in [-0.2, -0.15) is 0 Å². The molecule has 0 bridgehead atoms. The highest BCUT2D eigenvalue weighted by molar-refractivity contribution is 5.20. The topological polar surface area (TPSA) is 0 Å². The SMILES string of the molecule is CC/C=C/Cc1ccc(F)cc1F. The molecule has 0 unspecified atom stereocenters. The molecule has 13 heavy (non-hydrogen) atoms. The summed E-state index contributed by atoms with van der Waals surface area (Å²) in [5.74, 6) is -0.999. The van der Waals surface area contributed by atoms with Gasteiger partial charge in [0.2, 0.25) is 0 Å². The van der Waals surface area contributed by atoms with Crippen LogP contribution >= 0.6 is 0 Å². The predicted molar refractivity (Wildman–Crippen MR) is 49.5 cm³/mol. The zero-order valence-electron chi connectivity index (χ0n) is 7.56. The minimum absolute atomic E-state index is 0.472. The standard InChI is InChI=1S/C11H12F2/c1-2-3-4-5-9-6-7-10(12)8-11(9)13/h3-4,6-8H,2,5H2,1H3/b4-3+. The maximum absolute atomic E-state index is 13.0. The van der Waals surface area contributed by atoms with Crippen molar-refractivity contribution in [2.45, 2.75) is 19.8 Å². The minimum atomic E-state index is -0.527. The summed E-state index contributed by atoms with van der Waals surface area (Å²) in [6.07, 6.45) is 5.31. The third kappa shape index (κ3) is 2.98. The summed E-state index contributed by atoms with van der Waals surface area (Å²) in [5, 5.41) is 0. The molecule has 1 aromatic carbocycles. The van der Waals surface area contributed by atoms with Gasteiger partial charge in [-0.25, -0.2) is 8.78 Å². The Bertz CT molecular complexity index is 303. The molecule has 0 heterocycles. The molecule has 0 fully saturated rings. The van der Waals surface area contributed by atoms with E-state index in [-0.39, 0.29) is 0 Å². The van der Waals surface area contributed by atoms with Crippen LogP contribution < -0.4 is 0 Å². The van der Waals surface area contributed by atoms with Crippen molar-refractivity contribution < 1.29 is 8.78 Å². The van der Waals surface area contributed by atoms with Gasteiger partial charge in [-0.05, 0) is 24.5 Å². The van der Waals surface area contributed by atoms with Gasteiger partial charge in [0.1, 0.15) is 11.6 Å². The number of rotatable bonds is 3. The Morgan fingerprint density at radius 3 is 2.62 bits per heavy atom. The lowest BCUT2D eigenvalue weighted by Crippen LogP contribution is -1.89. The van der Waals surface area contributed by atoms with Crippen LogP contribution in [0, 0.1) is 11.6 Å². The van der Waals surface area contributed by atoms with E-state index in [0.29, 0.717) is 12.0 Å². The van der Waals surface area contributed by atoms with Gasteiger partial charge < -0.3 is 0 Å². The Morgan fingerprint density at radius 2 is 2.00 bits per heavy atom. The number of hydrogen-bond acceptors (Lipinski definition) is 0. The van der Waals surface area contributed by atoms with Crippen LogP contribution in [0.15, 0.2) is 30.4 Å². The van der Waals surface area contributed by atoms with E-state index in [2.05, 4.69) is 0 Å². The van der Waals surface area contributed by atoms with Gasteiger partial charge in [0, 0.05) is 6.07 Å². The summed E-state index contributed by atoms with van der Waals surface area (Å²) < 4.78 is 25.5. The number of halogens is 2. The van der Waals surface area contributed by atoms with Gasteiger partial charge in [0.05, 0.1) is 0 Å². The zero-order chi connectivity index (χ0) is 9.68. The van der Waals surface area contributed by atoms with Crippen molar-refractivity contribution in [2.24, 2.45) is 0 Å². The van der Waals surface area contributed by atoms with Crippen molar-refractivity contribution >= 4 is 0 Å². The van der Waals surface area contributed by atoms with Crippen molar-refractivity contribution in [3.8, 4) is 0 Å². The molecule has 1 rings (SSSR count). The Hall–Kier alpha value is -1.18. The predicted octanol–water partition coefficient (Wildman–Crippen LogP) is 3.47. The first-order valence-corrected chi connectivity index (χ1v) is 4.33. The quantitative estimate of drug-likeness (QED) is 0.628. The third-order valence-corrected chi connectivity index (χ3v) is 1.76. The van der Waals surface area contributed by atoms with Gasteiger partial charge in [-0.3, -0.25) is 0 Å². The van der Waals surface area contributed by atoms with Crippen molar-refractivity contribution in [2.75, 3.05) is 0 Å². The molecule has 0 spiro atoms. The Kier molecular flexibility index (Phi) is 3.62. The van der Waals surface area contributed by atoms with Crippen molar-refractivity contribution in [3.05, 3.63) is 47.5 Å². The third-order valence-electron chi connectivity index (χ3n) is 1.76. The largest absolute Gasteiger partial charge is 0.207 e. The molecule has 0 nitrogen and oxygen atoms in total. The van der Waals surface area contributed by atoms with Crippen LogP contribution in [0.5, 0.6) is 0 Å². The molecule has 70 valence electrons. The molecule has 0 amide bonds. The molecule has 1 aromatic rings. The molecule has 0 atom stereocenters. The Balaban J connectivity index is 2.72. The maximum Gasteiger partial charge on any atom is 0.129 e. The summed E-state index contributed by atoms with van der Waals surface area (Å²) in [7, 11) is 0. The van der Waals surface area contributed by atoms with E-state index in [0.717, 1.165) is 12.5 Å². The lowest BCUT2D eigenvalue weighted by atomic mass is 10.1. The molecular weight excluding hydrogens is 170 g/mol. The lowest BCUT2D eigenvalue weighted by Gasteiger charge is -1.98. The molecule has 0 aromatic heterocycles. The van der Waals surface area contributed by atoms with E-state index in [1.807, 2.05) is 19.1 Å². The molecule has 0 saturated carbocycles. The van der Waals surface area contributed by atoms with Gasteiger partial charge in [-0.1, -0.05) is 25.1 Å². The Labute approximate surface area is 76.9 Å². The second-order valence-electron chi connectivity index (χ2n) is 2.82. The van der Waals surface area contributed by atoms with Crippen LogP contribution in [0.3, 0.4) is 0 Å². The summed E-state index contributed by atoms with van der Waals surface area (Å²) >= 11 is 0. The van der Waals surface area contributed by atoms with Crippen LogP contribution in [0.4, 0.5) is 8.78 Å². The lowest BCUT2D eigenvalue weighted by molar-refractivity contribution is 0.575. The van der Waals surface area contributed by atoms with E-state index in [1.54, 1.807) is 0 Å². The maximum atomic E-state index is 13.0. The summed E-state index contributed by atoms with van der Waals surface area (Å²) in [6, 6.07) is 3.66. The smallest absolute Gasteiger partial charge is 0.129 e. The van der Waals surface area contributed by atoms with Gasteiger partial charge in [-0.15, -0.1) is 0 Å². The van der Waals surface area contributed by atoms with Crippen molar-refractivity contribution in [1.29, 1.82) is 0 Å². The second kappa shape index (κ2) is 4.75. The number of allylic oxidation sites excluding steroid dienone is 2. The molecular formula is C11H12F2. The average molecular weight is 182 g/mol. The fourth-order valence-electron chi connectivity index (χ4n) is 1.06. The van der Waals surface area contributed by atoms with Crippen LogP contribution in [-0.2, 0) is 6.42 Å². The number of benzene rings is 1. The van der Waals surface area contributed by atoms with Crippen LogP contribution in [0.2, 0.25) is 0 Å². The van der Waals surface area contributed by atoms with Gasteiger partial charge in [0.15, 0.2) is 0 Å². The van der Waals surface area contributed by atoms with E-state index in [4.69, 9.17) is 0 Å². The van der Waals surface area contributed by atoms with E-state index < -0.39 is 11.6 Å². The normalized spacial score (nSPS) is 11.0. The zero-order valence-corrected chi connectivity index (χ0v) is 7.56. The fraction of sp³-hybridized carbons (Fsp3) is 0.273. The van der Waals surface area contributed by atoms with Crippen LogP contribution in [0.25, 0.3) is 0 Å². The second-order valence-corrected chi connectivity index (χ2v) is 2.82. The molecule has 0 aliphatic carbocycles. The highest BCUT2D eigenvalue weighted by Crippen LogP contribution is 2.10. The molecule has 0 saturated heterocycles. The highest BCUT2D eigenvalue weighted by atomic mass is 19.1. The molecule has 0 aliphatic heterocycles. The molecule has 0 radical (unpaired) electrons.